The molecule has 5 aliphatic rings. The zero-order chi connectivity index (χ0) is 14.0. The minimum Gasteiger partial charge on any atom is -0.353 e. The zero-order valence-electron chi connectivity index (χ0n) is 13.1. The summed E-state index contributed by atoms with van der Waals surface area (Å²) < 4.78 is 0. The summed E-state index contributed by atoms with van der Waals surface area (Å²) in [6.07, 6.45) is 11.4. The van der Waals surface area contributed by atoms with Crippen LogP contribution in [0.25, 0.3) is 0 Å². The minimum atomic E-state index is 0.0185. The van der Waals surface area contributed by atoms with E-state index in [9.17, 15) is 4.79 Å². The van der Waals surface area contributed by atoms with Gasteiger partial charge in [0, 0.05) is 6.04 Å². The fourth-order valence-corrected chi connectivity index (χ4v) is 6.66. The van der Waals surface area contributed by atoms with Gasteiger partial charge in [-0.2, -0.15) is 0 Å². The molecule has 20 heavy (non-hydrogen) atoms. The Morgan fingerprint density at radius 2 is 1.75 bits per heavy atom. The van der Waals surface area contributed by atoms with Crippen molar-refractivity contribution in [3.8, 4) is 0 Å². The second-order valence-electron chi connectivity index (χ2n) is 9.14. The SMILES string of the molecule is CC1CCC(NC(=O)C23CC4CC(CC(C)(C4)C2)C3)C1. The average Bonchev–Trinajstić information content (AvgIpc) is 2.71. The lowest BCUT2D eigenvalue weighted by atomic mass is 9.44. The van der Waals surface area contributed by atoms with Gasteiger partial charge < -0.3 is 5.32 Å². The second-order valence-corrected chi connectivity index (χ2v) is 9.14. The van der Waals surface area contributed by atoms with Crippen molar-refractivity contribution in [3.05, 3.63) is 0 Å². The molecule has 0 aromatic carbocycles. The molecule has 2 nitrogen and oxygen atoms in total. The highest BCUT2D eigenvalue weighted by atomic mass is 16.2. The zero-order valence-corrected chi connectivity index (χ0v) is 13.1. The van der Waals surface area contributed by atoms with Crippen molar-refractivity contribution >= 4 is 5.91 Å². The number of carbonyl (C=O) groups is 1. The molecular formula is C18H29NO. The average molecular weight is 275 g/mol. The molecule has 5 aliphatic carbocycles. The van der Waals surface area contributed by atoms with Crippen molar-refractivity contribution in [3.63, 3.8) is 0 Å². The molecule has 5 rings (SSSR count). The Bertz CT molecular complexity index is 415. The molecule has 112 valence electrons. The summed E-state index contributed by atoms with van der Waals surface area (Å²) >= 11 is 0. The number of nitrogens with one attached hydrogen (secondary N) is 1. The summed E-state index contributed by atoms with van der Waals surface area (Å²) in [7, 11) is 0. The molecule has 0 aromatic heterocycles. The summed E-state index contributed by atoms with van der Waals surface area (Å²) in [6.45, 7) is 4.77. The molecule has 0 spiro atoms. The topological polar surface area (TPSA) is 29.1 Å². The van der Waals surface area contributed by atoms with Crippen LogP contribution >= 0.6 is 0 Å². The molecule has 0 radical (unpaired) electrons. The number of hydrogen-bond donors (Lipinski definition) is 1. The summed E-state index contributed by atoms with van der Waals surface area (Å²) in [5.74, 6) is 2.91. The van der Waals surface area contributed by atoms with Gasteiger partial charge in [0.25, 0.3) is 0 Å². The molecule has 1 N–H and O–H groups in total. The predicted octanol–water partition coefficient (Wildman–Crippen LogP) is 3.90. The third-order valence-electron chi connectivity index (χ3n) is 6.87. The van der Waals surface area contributed by atoms with Crippen molar-refractivity contribution in [1.29, 1.82) is 0 Å². The summed E-state index contributed by atoms with van der Waals surface area (Å²) in [5, 5.41) is 3.44. The van der Waals surface area contributed by atoms with E-state index < -0.39 is 0 Å². The lowest BCUT2D eigenvalue weighted by Gasteiger charge is -2.60. The van der Waals surface area contributed by atoms with Gasteiger partial charge in [-0.05, 0) is 81.0 Å². The van der Waals surface area contributed by atoms with E-state index in [1.807, 2.05) is 0 Å². The molecule has 4 unspecified atom stereocenters. The molecule has 0 heterocycles. The highest BCUT2D eigenvalue weighted by Gasteiger charge is 2.58. The van der Waals surface area contributed by atoms with E-state index in [0.717, 1.165) is 17.8 Å². The van der Waals surface area contributed by atoms with Crippen LogP contribution in [0.2, 0.25) is 0 Å². The Hall–Kier alpha value is -0.530. The van der Waals surface area contributed by atoms with Crippen molar-refractivity contribution in [2.45, 2.75) is 77.7 Å². The molecule has 4 atom stereocenters. The van der Waals surface area contributed by atoms with E-state index in [4.69, 9.17) is 0 Å². The van der Waals surface area contributed by atoms with Crippen LogP contribution in [-0.2, 0) is 4.79 Å². The van der Waals surface area contributed by atoms with Gasteiger partial charge in [-0.25, -0.2) is 0 Å². The maximum atomic E-state index is 13.0. The van der Waals surface area contributed by atoms with Crippen LogP contribution < -0.4 is 5.32 Å². The quantitative estimate of drug-likeness (QED) is 0.813. The normalized spacial score (nSPS) is 53.3. The van der Waals surface area contributed by atoms with Crippen LogP contribution in [0.1, 0.15) is 71.6 Å². The third kappa shape index (κ3) is 2.02. The molecule has 4 bridgehead atoms. The van der Waals surface area contributed by atoms with Gasteiger partial charge >= 0.3 is 0 Å². The first-order valence-corrected chi connectivity index (χ1v) is 8.77. The Morgan fingerprint density at radius 1 is 1.05 bits per heavy atom. The first kappa shape index (κ1) is 13.2. The van der Waals surface area contributed by atoms with Gasteiger partial charge in [-0.1, -0.05) is 13.8 Å². The molecule has 0 saturated heterocycles. The fraction of sp³-hybridized carbons (Fsp3) is 0.944. The van der Waals surface area contributed by atoms with Gasteiger partial charge in [0.2, 0.25) is 5.91 Å². The summed E-state index contributed by atoms with van der Waals surface area (Å²) in [6, 6.07) is 0.471. The highest BCUT2D eigenvalue weighted by molar-refractivity contribution is 5.83. The van der Waals surface area contributed by atoms with Crippen LogP contribution in [0.3, 0.4) is 0 Å². The van der Waals surface area contributed by atoms with Crippen molar-refractivity contribution in [2.75, 3.05) is 0 Å². The van der Waals surface area contributed by atoms with Crippen molar-refractivity contribution in [2.24, 2.45) is 28.6 Å². The van der Waals surface area contributed by atoms with Crippen LogP contribution in [0, 0.1) is 28.6 Å². The Morgan fingerprint density at radius 3 is 2.30 bits per heavy atom. The Balaban J connectivity index is 1.51. The maximum Gasteiger partial charge on any atom is 0.226 e. The largest absolute Gasteiger partial charge is 0.353 e. The van der Waals surface area contributed by atoms with E-state index in [-0.39, 0.29) is 5.41 Å². The van der Waals surface area contributed by atoms with E-state index >= 15 is 0 Å². The molecule has 5 fully saturated rings. The van der Waals surface area contributed by atoms with E-state index in [1.54, 1.807) is 0 Å². The van der Waals surface area contributed by atoms with Gasteiger partial charge in [0.1, 0.15) is 0 Å². The molecule has 0 aromatic rings. The maximum absolute atomic E-state index is 13.0. The summed E-state index contributed by atoms with van der Waals surface area (Å²) in [4.78, 5) is 13.0. The third-order valence-corrected chi connectivity index (χ3v) is 6.87. The van der Waals surface area contributed by atoms with E-state index in [0.29, 0.717) is 17.4 Å². The Kier molecular flexibility index (Phi) is 2.79. The molecular weight excluding hydrogens is 246 g/mol. The van der Waals surface area contributed by atoms with E-state index in [2.05, 4.69) is 19.2 Å². The van der Waals surface area contributed by atoms with Gasteiger partial charge in [-0.3, -0.25) is 4.79 Å². The van der Waals surface area contributed by atoms with E-state index in [1.165, 1.54) is 57.8 Å². The van der Waals surface area contributed by atoms with Crippen molar-refractivity contribution in [1.82, 2.24) is 5.32 Å². The number of amides is 1. The van der Waals surface area contributed by atoms with Crippen LogP contribution in [0.15, 0.2) is 0 Å². The molecule has 5 saturated carbocycles. The number of carbonyl (C=O) groups excluding carboxylic acids is 1. The number of hydrogen-bond acceptors (Lipinski definition) is 1. The monoisotopic (exact) mass is 275 g/mol. The summed E-state index contributed by atoms with van der Waals surface area (Å²) in [5.41, 5.74) is 0.495. The van der Waals surface area contributed by atoms with Gasteiger partial charge in [-0.15, -0.1) is 0 Å². The highest BCUT2D eigenvalue weighted by Crippen LogP contribution is 2.65. The number of rotatable bonds is 2. The standard InChI is InChI=1S/C18H29NO/c1-12-3-4-15(5-12)19-16(20)18-9-13-6-14(10-18)8-17(2,7-13)11-18/h12-15H,3-11H2,1-2H3,(H,19,20). The lowest BCUT2D eigenvalue weighted by Crippen LogP contribution is -2.57. The predicted molar refractivity (Wildman–Crippen MR) is 80.2 cm³/mol. The van der Waals surface area contributed by atoms with Gasteiger partial charge in [0.05, 0.1) is 5.41 Å². The smallest absolute Gasteiger partial charge is 0.226 e. The lowest BCUT2D eigenvalue weighted by molar-refractivity contribution is -0.156. The van der Waals surface area contributed by atoms with Gasteiger partial charge in [0.15, 0.2) is 0 Å². The first-order valence-electron chi connectivity index (χ1n) is 8.77. The van der Waals surface area contributed by atoms with Crippen LogP contribution in [0.4, 0.5) is 0 Å². The molecule has 0 aliphatic heterocycles. The molecule has 1 amide bonds. The first-order chi connectivity index (χ1) is 9.46. The van der Waals surface area contributed by atoms with Crippen LogP contribution in [0.5, 0.6) is 0 Å². The van der Waals surface area contributed by atoms with Crippen molar-refractivity contribution < 1.29 is 4.79 Å². The molecule has 2 heteroatoms. The van der Waals surface area contributed by atoms with Crippen LogP contribution in [-0.4, -0.2) is 11.9 Å². The Labute approximate surface area is 123 Å². The second kappa shape index (κ2) is 4.24. The minimum absolute atomic E-state index is 0.0185. The fourth-order valence-electron chi connectivity index (χ4n) is 6.66.